The van der Waals surface area contributed by atoms with Crippen molar-refractivity contribution in [2.75, 3.05) is 19.6 Å². The van der Waals surface area contributed by atoms with Crippen LogP contribution in [0.4, 0.5) is 0 Å². The standard InChI is InChI=1S/C25H24N4O7S2/c30-24(27-26-17-19-9-7-8-14-22(19)25(31)32)23-18-28(37(33,34)20-10-3-1-4-11-20)15-16-29(23)38(35,36)21-12-5-2-6-13-21/h1-14,17,23H,15-16,18H2,(H,27,30)(H,31,32)/b26-17-/t23-/m1/s1. The van der Waals surface area contributed by atoms with Crippen LogP contribution in [0.15, 0.2) is 99.8 Å². The molecule has 4 rings (SSSR count). The van der Waals surface area contributed by atoms with Gasteiger partial charge in [0, 0.05) is 25.2 Å². The molecular weight excluding hydrogens is 532 g/mol. The van der Waals surface area contributed by atoms with Crippen LogP contribution in [0.2, 0.25) is 0 Å². The van der Waals surface area contributed by atoms with Gasteiger partial charge in [-0.2, -0.15) is 13.7 Å². The number of hydrazone groups is 1. The van der Waals surface area contributed by atoms with E-state index < -0.39 is 44.5 Å². The van der Waals surface area contributed by atoms with Gasteiger partial charge in [0.2, 0.25) is 20.0 Å². The molecule has 3 aromatic carbocycles. The number of carbonyl (C=O) groups is 2. The van der Waals surface area contributed by atoms with E-state index in [0.717, 1.165) is 14.8 Å². The molecule has 38 heavy (non-hydrogen) atoms. The molecule has 13 heteroatoms. The molecule has 11 nitrogen and oxygen atoms in total. The molecule has 3 aromatic rings. The third-order valence-corrected chi connectivity index (χ3v) is 9.70. The van der Waals surface area contributed by atoms with Crippen LogP contribution in [0.1, 0.15) is 15.9 Å². The van der Waals surface area contributed by atoms with E-state index in [1.165, 1.54) is 42.5 Å². The minimum atomic E-state index is -4.16. The molecule has 1 aliphatic heterocycles. The molecular formula is C25H24N4O7S2. The van der Waals surface area contributed by atoms with Crippen LogP contribution in [0, 0.1) is 0 Å². The molecule has 1 fully saturated rings. The van der Waals surface area contributed by atoms with Crippen molar-refractivity contribution in [2.24, 2.45) is 5.10 Å². The highest BCUT2D eigenvalue weighted by molar-refractivity contribution is 7.89. The van der Waals surface area contributed by atoms with Crippen molar-refractivity contribution in [3.63, 3.8) is 0 Å². The summed E-state index contributed by atoms with van der Waals surface area (Å²) >= 11 is 0. The first-order valence-electron chi connectivity index (χ1n) is 11.4. The van der Waals surface area contributed by atoms with E-state index in [9.17, 15) is 31.5 Å². The summed E-state index contributed by atoms with van der Waals surface area (Å²) in [5, 5.41) is 13.1. The van der Waals surface area contributed by atoms with Gasteiger partial charge in [-0.3, -0.25) is 4.79 Å². The number of rotatable bonds is 8. The number of hydrogen-bond donors (Lipinski definition) is 2. The summed E-state index contributed by atoms with van der Waals surface area (Å²) in [7, 11) is -8.18. The predicted octanol–water partition coefficient (Wildman–Crippen LogP) is 1.60. The lowest BCUT2D eigenvalue weighted by Gasteiger charge is -2.38. The minimum Gasteiger partial charge on any atom is -0.478 e. The van der Waals surface area contributed by atoms with Gasteiger partial charge >= 0.3 is 5.97 Å². The average Bonchev–Trinajstić information content (AvgIpc) is 2.93. The molecule has 0 unspecified atom stereocenters. The normalized spacial score (nSPS) is 17.3. The fourth-order valence-corrected chi connectivity index (χ4v) is 7.02. The SMILES string of the molecule is O=C(O)c1ccccc1/C=N\NC(=O)[C@H]1CN(S(=O)(=O)c2ccccc2)CCN1S(=O)(=O)c1ccccc1. The highest BCUT2D eigenvalue weighted by atomic mass is 32.2. The lowest BCUT2D eigenvalue weighted by atomic mass is 10.1. The molecule has 1 amide bonds. The van der Waals surface area contributed by atoms with Gasteiger partial charge in [-0.15, -0.1) is 0 Å². The lowest BCUT2D eigenvalue weighted by molar-refractivity contribution is -0.125. The van der Waals surface area contributed by atoms with E-state index >= 15 is 0 Å². The van der Waals surface area contributed by atoms with Crippen molar-refractivity contribution in [1.82, 2.24) is 14.0 Å². The first-order valence-corrected chi connectivity index (χ1v) is 14.3. The Bertz CT molecular complexity index is 1560. The quantitative estimate of drug-likeness (QED) is 0.316. The van der Waals surface area contributed by atoms with E-state index in [1.807, 2.05) is 0 Å². The molecule has 0 bridgehead atoms. The number of amides is 1. The van der Waals surface area contributed by atoms with Gasteiger partial charge < -0.3 is 5.11 Å². The molecule has 0 saturated carbocycles. The second kappa shape index (κ2) is 11.2. The maximum absolute atomic E-state index is 13.4. The first kappa shape index (κ1) is 27.1. The minimum absolute atomic E-state index is 0.0156. The van der Waals surface area contributed by atoms with Crippen molar-refractivity contribution in [1.29, 1.82) is 0 Å². The largest absolute Gasteiger partial charge is 0.478 e. The van der Waals surface area contributed by atoms with Crippen molar-refractivity contribution in [3.05, 3.63) is 96.1 Å². The molecule has 2 N–H and O–H groups in total. The zero-order valence-electron chi connectivity index (χ0n) is 19.9. The number of carbonyl (C=O) groups excluding carboxylic acids is 1. The van der Waals surface area contributed by atoms with Crippen molar-refractivity contribution in [3.8, 4) is 0 Å². The van der Waals surface area contributed by atoms with Gasteiger partial charge in [0.1, 0.15) is 6.04 Å². The monoisotopic (exact) mass is 556 g/mol. The van der Waals surface area contributed by atoms with E-state index in [2.05, 4.69) is 10.5 Å². The molecule has 198 valence electrons. The van der Waals surface area contributed by atoms with Crippen molar-refractivity contribution in [2.45, 2.75) is 15.8 Å². The number of piperazine rings is 1. The van der Waals surface area contributed by atoms with Gasteiger partial charge in [0.15, 0.2) is 0 Å². The molecule has 0 aromatic heterocycles. The third-order valence-electron chi connectivity index (χ3n) is 5.90. The van der Waals surface area contributed by atoms with E-state index in [4.69, 9.17) is 0 Å². The topological polar surface area (TPSA) is 154 Å². The third kappa shape index (κ3) is 5.65. The van der Waals surface area contributed by atoms with Gasteiger partial charge in [0.05, 0.1) is 21.6 Å². The molecule has 0 aliphatic carbocycles. The van der Waals surface area contributed by atoms with Crippen LogP contribution in [0.25, 0.3) is 0 Å². The van der Waals surface area contributed by atoms with Gasteiger partial charge in [-0.05, 0) is 30.3 Å². The van der Waals surface area contributed by atoms with E-state index in [-0.39, 0.29) is 34.0 Å². The Morgan fingerprint density at radius 3 is 1.97 bits per heavy atom. The highest BCUT2D eigenvalue weighted by Crippen LogP contribution is 2.25. The second-order valence-corrected chi connectivity index (χ2v) is 12.1. The summed E-state index contributed by atoms with van der Waals surface area (Å²) in [5.41, 5.74) is 2.41. The summed E-state index contributed by atoms with van der Waals surface area (Å²) in [6.45, 7) is -0.883. The van der Waals surface area contributed by atoms with Crippen LogP contribution < -0.4 is 5.43 Å². The number of sulfonamides is 2. The summed E-state index contributed by atoms with van der Waals surface area (Å²) in [4.78, 5) is 24.6. The summed E-state index contributed by atoms with van der Waals surface area (Å²) in [6.07, 6.45) is 1.12. The Morgan fingerprint density at radius 2 is 1.37 bits per heavy atom. The number of aromatic carboxylic acids is 1. The van der Waals surface area contributed by atoms with Crippen LogP contribution in [-0.4, -0.2) is 74.3 Å². The number of carboxylic acid groups (broad SMARTS) is 1. The second-order valence-electron chi connectivity index (χ2n) is 8.25. The Morgan fingerprint density at radius 1 is 0.816 bits per heavy atom. The molecule has 0 radical (unpaired) electrons. The van der Waals surface area contributed by atoms with E-state index in [0.29, 0.717) is 0 Å². The predicted molar refractivity (Wildman–Crippen MR) is 138 cm³/mol. The van der Waals surface area contributed by atoms with Crippen LogP contribution >= 0.6 is 0 Å². The van der Waals surface area contributed by atoms with Crippen molar-refractivity contribution >= 4 is 38.1 Å². The Balaban J connectivity index is 1.64. The Labute approximate surface area is 220 Å². The molecule has 1 heterocycles. The van der Waals surface area contributed by atoms with Crippen LogP contribution in [0.3, 0.4) is 0 Å². The fraction of sp³-hybridized carbons (Fsp3) is 0.160. The van der Waals surface area contributed by atoms with Gasteiger partial charge in [-0.25, -0.2) is 27.1 Å². The Kier molecular flexibility index (Phi) is 8.02. The number of carboxylic acids is 1. The van der Waals surface area contributed by atoms with Crippen LogP contribution in [0.5, 0.6) is 0 Å². The Hall–Kier alpha value is -3.91. The van der Waals surface area contributed by atoms with E-state index in [1.54, 1.807) is 42.5 Å². The molecule has 1 saturated heterocycles. The average molecular weight is 557 g/mol. The van der Waals surface area contributed by atoms with Crippen molar-refractivity contribution < 1.29 is 31.5 Å². The summed E-state index contributed by atoms with van der Waals surface area (Å²) in [5.74, 6) is -2.06. The van der Waals surface area contributed by atoms with Gasteiger partial charge in [0.25, 0.3) is 5.91 Å². The molecule has 1 aliphatic rings. The summed E-state index contributed by atoms with van der Waals surface area (Å²) in [6, 6.07) is 19.7. The number of hydrogen-bond acceptors (Lipinski definition) is 7. The lowest BCUT2D eigenvalue weighted by Crippen LogP contribution is -2.60. The first-order chi connectivity index (χ1) is 18.1. The van der Waals surface area contributed by atoms with Gasteiger partial charge in [-0.1, -0.05) is 54.6 Å². The zero-order chi connectivity index (χ0) is 27.3. The molecule has 0 spiro atoms. The zero-order valence-corrected chi connectivity index (χ0v) is 21.5. The molecule has 1 atom stereocenters. The maximum atomic E-state index is 13.4. The number of nitrogens with one attached hydrogen (secondary N) is 1. The smallest absolute Gasteiger partial charge is 0.336 e. The highest BCUT2D eigenvalue weighted by Gasteiger charge is 2.43. The maximum Gasteiger partial charge on any atom is 0.336 e. The number of nitrogens with zero attached hydrogens (tertiary/aromatic N) is 3. The summed E-state index contributed by atoms with van der Waals surface area (Å²) < 4.78 is 55.3. The number of benzene rings is 3. The fourth-order valence-electron chi connectivity index (χ4n) is 3.97. The van der Waals surface area contributed by atoms with Crippen LogP contribution in [-0.2, 0) is 24.8 Å².